The number of benzene rings is 1. The quantitative estimate of drug-likeness (QED) is 0.727. The van der Waals surface area contributed by atoms with E-state index in [9.17, 15) is 14.0 Å². The molecule has 178 valence electrons. The molecule has 1 saturated heterocycles. The third-order valence-corrected chi connectivity index (χ3v) is 6.96. The van der Waals surface area contributed by atoms with Gasteiger partial charge in [0.05, 0.1) is 5.56 Å². The molecule has 2 amide bonds. The summed E-state index contributed by atoms with van der Waals surface area (Å²) in [4.78, 5) is 33.7. The number of anilines is 1. The Kier molecular flexibility index (Phi) is 7.23. The predicted octanol–water partition coefficient (Wildman–Crippen LogP) is 3.88. The molecule has 1 aliphatic heterocycles. The average molecular weight is 464 g/mol. The number of pyridine rings is 1. The number of halogens is 1. The first kappa shape index (κ1) is 23.8. The number of rotatable bonds is 5. The standard InChI is InChI=1S/C26H30FN5O2/c1-17-15-31(9-10-32(17)26(34)19-5-3-4-6-19)16-21-11-22(27)12-24(18(21)2)30-25(33)20-7-8-23(13-28)29-14-20/h7-8,11-12,14,17,19H,3-6,9-10,15-16H2,1-2H3,(H,30,33). The Labute approximate surface area is 199 Å². The van der Waals surface area contributed by atoms with Crippen molar-refractivity contribution in [1.29, 1.82) is 5.26 Å². The van der Waals surface area contributed by atoms with Gasteiger partial charge in [0.15, 0.2) is 0 Å². The van der Waals surface area contributed by atoms with Crippen LogP contribution in [0.15, 0.2) is 30.5 Å². The van der Waals surface area contributed by atoms with Crippen molar-refractivity contribution in [2.24, 2.45) is 5.92 Å². The van der Waals surface area contributed by atoms with Gasteiger partial charge in [0.1, 0.15) is 17.6 Å². The minimum Gasteiger partial charge on any atom is -0.337 e. The fourth-order valence-corrected chi connectivity index (χ4v) is 4.97. The van der Waals surface area contributed by atoms with Gasteiger partial charge in [0.25, 0.3) is 5.91 Å². The summed E-state index contributed by atoms with van der Waals surface area (Å²) in [5.74, 6) is -0.368. The zero-order valence-electron chi connectivity index (χ0n) is 19.7. The summed E-state index contributed by atoms with van der Waals surface area (Å²) in [7, 11) is 0. The molecule has 34 heavy (non-hydrogen) atoms. The maximum absolute atomic E-state index is 14.5. The van der Waals surface area contributed by atoms with Crippen LogP contribution >= 0.6 is 0 Å². The van der Waals surface area contributed by atoms with Gasteiger partial charge >= 0.3 is 0 Å². The summed E-state index contributed by atoms with van der Waals surface area (Å²) in [5, 5.41) is 11.6. The van der Waals surface area contributed by atoms with Crippen molar-refractivity contribution in [3.63, 3.8) is 0 Å². The predicted molar refractivity (Wildman–Crippen MR) is 126 cm³/mol. The van der Waals surface area contributed by atoms with Crippen LogP contribution in [0.2, 0.25) is 0 Å². The van der Waals surface area contributed by atoms with Crippen LogP contribution < -0.4 is 5.32 Å². The van der Waals surface area contributed by atoms with Crippen molar-refractivity contribution < 1.29 is 14.0 Å². The third-order valence-electron chi connectivity index (χ3n) is 6.96. The Morgan fingerprint density at radius 1 is 1.24 bits per heavy atom. The van der Waals surface area contributed by atoms with Gasteiger partial charge < -0.3 is 10.2 Å². The summed E-state index contributed by atoms with van der Waals surface area (Å²) in [6, 6.07) is 7.83. The van der Waals surface area contributed by atoms with E-state index in [0.29, 0.717) is 24.3 Å². The first-order valence-corrected chi connectivity index (χ1v) is 11.8. The van der Waals surface area contributed by atoms with Crippen LogP contribution in [0.1, 0.15) is 59.8 Å². The molecule has 8 heteroatoms. The van der Waals surface area contributed by atoms with Crippen molar-refractivity contribution in [2.75, 3.05) is 25.0 Å². The highest BCUT2D eigenvalue weighted by atomic mass is 19.1. The molecular weight excluding hydrogens is 433 g/mol. The number of carbonyl (C=O) groups is 2. The van der Waals surface area contributed by atoms with E-state index in [1.54, 1.807) is 0 Å². The molecule has 1 aromatic heterocycles. The zero-order valence-corrected chi connectivity index (χ0v) is 19.7. The second-order valence-electron chi connectivity index (χ2n) is 9.33. The average Bonchev–Trinajstić information content (AvgIpc) is 3.37. The highest BCUT2D eigenvalue weighted by molar-refractivity contribution is 6.04. The second kappa shape index (κ2) is 10.3. The van der Waals surface area contributed by atoms with Gasteiger partial charge in [-0.2, -0.15) is 5.26 Å². The van der Waals surface area contributed by atoms with E-state index in [1.807, 2.05) is 17.9 Å². The Morgan fingerprint density at radius 2 is 2.00 bits per heavy atom. The highest BCUT2D eigenvalue weighted by Crippen LogP contribution is 2.29. The summed E-state index contributed by atoms with van der Waals surface area (Å²) < 4.78 is 14.5. The van der Waals surface area contributed by atoms with Crippen LogP contribution in [0, 0.1) is 30.0 Å². The van der Waals surface area contributed by atoms with E-state index in [0.717, 1.165) is 49.9 Å². The molecule has 7 nitrogen and oxygen atoms in total. The number of aromatic nitrogens is 1. The van der Waals surface area contributed by atoms with Gasteiger partial charge in [-0.1, -0.05) is 12.8 Å². The highest BCUT2D eigenvalue weighted by Gasteiger charge is 2.33. The maximum Gasteiger partial charge on any atom is 0.257 e. The molecule has 1 atom stereocenters. The molecule has 0 bridgehead atoms. The molecule has 2 heterocycles. The molecule has 1 aliphatic carbocycles. The monoisotopic (exact) mass is 463 g/mol. The van der Waals surface area contributed by atoms with E-state index >= 15 is 0 Å². The molecule has 1 unspecified atom stereocenters. The number of hydrogen-bond donors (Lipinski definition) is 1. The van der Waals surface area contributed by atoms with E-state index in [4.69, 9.17) is 5.26 Å². The van der Waals surface area contributed by atoms with Gasteiger partial charge in [-0.25, -0.2) is 9.37 Å². The topological polar surface area (TPSA) is 89.3 Å². The van der Waals surface area contributed by atoms with Crippen LogP contribution in [0.25, 0.3) is 0 Å². The lowest BCUT2D eigenvalue weighted by atomic mass is 10.0. The van der Waals surface area contributed by atoms with Gasteiger partial charge in [0.2, 0.25) is 5.91 Å². The molecule has 1 N–H and O–H groups in total. The maximum atomic E-state index is 14.5. The Hall–Kier alpha value is -3.31. The molecule has 0 radical (unpaired) electrons. The molecule has 4 rings (SSSR count). The van der Waals surface area contributed by atoms with Gasteiger partial charge in [-0.05, 0) is 62.1 Å². The Morgan fingerprint density at radius 3 is 2.65 bits per heavy atom. The van der Waals surface area contributed by atoms with Crippen LogP contribution in [-0.4, -0.2) is 52.3 Å². The summed E-state index contributed by atoms with van der Waals surface area (Å²) in [6.07, 6.45) is 5.62. The molecule has 1 aromatic carbocycles. The van der Waals surface area contributed by atoms with Crippen molar-refractivity contribution >= 4 is 17.5 Å². The van der Waals surface area contributed by atoms with Crippen LogP contribution in [-0.2, 0) is 11.3 Å². The smallest absolute Gasteiger partial charge is 0.257 e. The normalized spacial score (nSPS) is 19.1. The summed E-state index contributed by atoms with van der Waals surface area (Å²) in [5.41, 5.74) is 2.53. The lowest BCUT2D eigenvalue weighted by Crippen LogP contribution is -2.54. The number of hydrogen-bond acceptors (Lipinski definition) is 5. The largest absolute Gasteiger partial charge is 0.337 e. The number of nitriles is 1. The second-order valence-corrected chi connectivity index (χ2v) is 9.33. The van der Waals surface area contributed by atoms with E-state index in [-0.39, 0.29) is 23.6 Å². The first-order valence-electron chi connectivity index (χ1n) is 11.8. The number of piperazine rings is 1. The van der Waals surface area contributed by atoms with Gasteiger partial charge in [-0.15, -0.1) is 0 Å². The molecule has 2 aromatic rings. The van der Waals surface area contributed by atoms with Crippen LogP contribution in [0.3, 0.4) is 0 Å². The van der Waals surface area contributed by atoms with Crippen molar-refractivity contribution in [3.05, 3.63) is 58.7 Å². The van der Waals surface area contributed by atoms with E-state index in [1.165, 1.54) is 30.5 Å². The van der Waals surface area contributed by atoms with Crippen molar-refractivity contribution in [1.82, 2.24) is 14.8 Å². The number of amides is 2. The van der Waals surface area contributed by atoms with Crippen molar-refractivity contribution in [2.45, 2.75) is 52.1 Å². The van der Waals surface area contributed by atoms with Crippen molar-refractivity contribution in [3.8, 4) is 6.07 Å². The zero-order chi connectivity index (χ0) is 24.2. The molecule has 0 spiro atoms. The number of nitrogens with zero attached hydrogens (tertiary/aromatic N) is 4. The summed E-state index contributed by atoms with van der Waals surface area (Å²) >= 11 is 0. The minimum absolute atomic E-state index is 0.110. The molecule has 2 aliphatic rings. The van der Waals surface area contributed by atoms with Crippen LogP contribution in [0.5, 0.6) is 0 Å². The number of carbonyl (C=O) groups excluding carboxylic acids is 2. The Balaban J connectivity index is 1.42. The Bertz CT molecular complexity index is 1110. The number of nitrogens with one attached hydrogen (secondary N) is 1. The lowest BCUT2D eigenvalue weighted by Gasteiger charge is -2.41. The third kappa shape index (κ3) is 5.26. The van der Waals surface area contributed by atoms with E-state index in [2.05, 4.69) is 22.1 Å². The SMILES string of the molecule is Cc1c(CN2CCN(C(=O)C3CCCC3)C(C)C2)cc(F)cc1NC(=O)c1ccc(C#N)nc1. The fourth-order valence-electron chi connectivity index (χ4n) is 4.97. The van der Waals surface area contributed by atoms with Gasteiger partial charge in [-0.3, -0.25) is 14.5 Å². The van der Waals surface area contributed by atoms with Crippen LogP contribution in [0.4, 0.5) is 10.1 Å². The molecular formula is C26H30FN5O2. The minimum atomic E-state index is -0.419. The first-order chi connectivity index (χ1) is 16.4. The summed E-state index contributed by atoms with van der Waals surface area (Å²) in [6.45, 7) is 6.63. The lowest BCUT2D eigenvalue weighted by molar-refractivity contribution is -0.140. The van der Waals surface area contributed by atoms with E-state index < -0.39 is 11.7 Å². The molecule has 1 saturated carbocycles. The molecule has 2 fully saturated rings. The van der Waals surface area contributed by atoms with Gasteiger partial charge in [0, 0.05) is 50.0 Å². The fraction of sp³-hybridized carbons (Fsp3) is 0.462.